The van der Waals surface area contributed by atoms with Gasteiger partial charge in [-0.25, -0.2) is 8.42 Å². The molecule has 0 radical (unpaired) electrons. The van der Waals surface area contributed by atoms with Gasteiger partial charge < -0.3 is 20.9 Å². The summed E-state index contributed by atoms with van der Waals surface area (Å²) >= 11 is 6.07. The molecule has 0 bridgehead atoms. The van der Waals surface area contributed by atoms with Crippen LogP contribution in [0.15, 0.2) is 48.3 Å². The summed E-state index contributed by atoms with van der Waals surface area (Å²) in [7, 11) is -3.52. The highest BCUT2D eigenvalue weighted by Gasteiger charge is 2.33. The van der Waals surface area contributed by atoms with Gasteiger partial charge in [0.1, 0.15) is 0 Å². The molecule has 2 aliphatic heterocycles. The van der Waals surface area contributed by atoms with Gasteiger partial charge in [0.2, 0.25) is 15.9 Å². The van der Waals surface area contributed by atoms with E-state index in [2.05, 4.69) is 4.90 Å². The highest BCUT2D eigenvalue weighted by atomic mass is 35.5. The lowest BCUT2D eigenvalue weighted by Gasteiger charge is -2.42. The molecule has 1 aromatic rings. The van der Waals surface area contributed by atoms with E-state index in [1.165, 1.54) is 10.6 Å². The zero-order valence-electron chi connectivity index (χ0n) is 20.7. The Morgan fingerprint density at radius 3 is 2.31 bits per heavy atom. The van der Waals surface area contributed by atoms with Crippen molar-refractivity contribution in [2.24, 2.45) is 5.73 Å². The molecule has 1 aromatic carbocycles. The molecule has 3 N–H and O–H groups in total. The van der Waals surface area contributed by atoms with Gasteiger partial charge in [0, 0.05) is 56.9 Å². The Morgan fingerprint density at radius 2 is 1.80 bits per heavy atom. The van der Waals surface area contributed by atoms with Gasteiger partial charge >= 0.3 is 0 Å². The molecule has 192 valence electrons. The van der Waals surface area contributed by atoms with Gasteiger partial charge in [0.25, 0.3) is 0 Å². The van der Waals surface area contributed by atoms with Gasteiger partial charge in [-0.2, -0.15) is 0 Å². The normalized spacial score (nSPS) is 20.1. The summed E-state index contributed by atoms with van der Waals surface area (Å²) < 4.78 is 26.4. The Labute approximate surface area is 213 Å². The largest absolute Gasteiger partial charge is 0.347 e. The van der Waals surface area contributed by atoms with Crippen LogP contribution in [0.25, 0.3) is 0 Å². The van der Waals surface area contributed by atoms with E-state index in [9.17, 15) is 13.2 Å². The molecule has 0 saturated carbocycles. The number of halogens is 1. The molecule has 0 spiro atoms. The molecule has 9 nitrogen and oxygen atoms in total. The van der Waals surface area contributed by atoms with Gasteiger partial charge in [-0.15, -0.1) is 0 Å². The lowest BCUT2D eigenvalue weighted by atomic mass is 9.99. The van der Waals surface area contributed by atoms with Crippen LogP contribution in [-0.2, 0) is 14.8 Å². The number of hydrogen-bond acceptors (Lipinski definition) is 7. The van der Waals surface area contributed by atoms with Crippen molar-refractivity contribution < 1.29 is 13.2 Å². The van der Waals surface area contributed by atoms with E-state index >= 15 is 0 Å². The summed E-state index contributed by atoms with van der Waals surface area (Å²) in [6.07, 6.45) is 5.86. The molecule has 2 atom stereocenters. The van der Waals surface area contributed by atoms with Crippen LogP contribution in [0.5, 0.6) is 0 Å². The number of nitrogens with zero attached hydrogens (tertiary/aromatic N) is 4. The second kappa shape index (κ2) is 11.1. The number of rotatable bonds is 8. The Kier molecular flexibility index (Phi) is 8.63. The zero-order chi connectivity index (χ0) is 25.9. The van der Waals surface area contributed by atoms with Crippen LogP contribution in [0.4, 0.5) is 0 Å². The minimum atomic E-state index is -3.52. The number of amides is 1. The fourth-order valence-electron chi connectivity index (χ4n) is 4.53. The maximum Gasteiger partial charge on any atom is 0.232 e. The van der Waals surface area contributed by atoms with E-state index in [1.807, 2.05) is 23.6 Å². The van der Waals surface area contributed by atoms with Gasteiger partial charge in [0.15, 0.2) is 0 Å². The molecule has 2 heterocycles. The second-order valence-corrected chi connectivity index (χ2v) is 11.5. The minimum Gasteiger partial charge on any atom is -0.347 e. The average Bonchev–Trinajstić information content (AvgIpc) is 2.78. The fourth-order valence-corrected chi connectivity index (χ4v) is 5.91. The van der Waals surface area contributed by atoms with Crippen molar-refractivity contribution in [1.29, 1.82) is 5.41 Å². The fraction of sp³-hybridized carbons (Fsp3) is 0.500. The van der Waals surface area contributed by atoms with Crippen molar-refractivity contribution in [2.45, 2.75) is 39.0 Å². The molecule has 11 heteroatoms. The van der Waals surface area contributed by atoms with E-state index in [1.54, 1.807) is 49.5 Å². The number of hydrogen-bond donors (Lipinski definition) is 2. The summed E-state index contributed by atoms with van der Waals surface area (Å²) in [5.74, 6) is 0.0559. The first kappa shape index (κ1) is 27.2. The van der Waals surface area contributed by atoms with Crippen molar-refractivity contribution in [3.8, 4) is 0 Å². The van der Waals surface area contributed by atoms with Crippen LogP contribution >= 0.6 is 11.6 Å². The van der Waals surface area contributed by atoms with Crippen LogP contribution in [0.2, 0.25) is 5.02 Å². The smallest absolute Gasteiger partial charge is 0.232 e. The van der Waals surface area contributed by atoms with E-state index in [-0.39, 0.29) is 11.9 Å². The maximum atomic E-state index is 12.5. The Balaban J connectivity index is 1.96. The highest BCUT2D eigenvalue weighted by Crippen LogP contribution is 2.24. The highest BCUT2D eigenvalue weighted by molar-refractivity contribution is 7.88. The summed E-state index contributed by atoms with van der Waals surface area (Å²) in [5.41, 5.74) is 8.04. The first-order valence-electron chi connectivity index (χ1n) is 11.6. The molecule has 1 amide bonds. The molecule has 1 saturated heterocycles. The third-order valence-electron chi connectivity index (χ3n) is 6.27. The van der Waals surface area contributed by atoms with Crippen LogP contribution in [0.1, 0.15) is 26.3 Å². The number of sulfonamides is 1. The van der Waals surface area contributed by atoms with Crippen LogP contribution < -0.4 is 5.73 Å². The van der Waals surface area contributed by atoms with Gasteiger partial charge in [-0.1, -0.05) is 23.7 Å². The first-order chi connectivity index (χ1) is 16.4. The van der Waals surface area contributed by atoms with Crippen molar-refractivity contribution in [3.05, 3.63) is 58.9 Å². The number of piperazine rings is 1. The Bertz CT molecular complexity index is 1090. The molecule has 1 fully saturated rings. The number of benzene rings is 1. The monoisotopic (exact) mass is 522 g/mol. The van der Waals surface area contributed by atoms with E-state index in [0.29, 0.717) is 54.7 Å². The van der Waals surface area contributed by atoms with Gasteiger partial charge in [0.05, 0.1) is 29.9 Å². The van der Waals surface area contributed by atoms with Gasteiger partial charge in [-0.05, 0) is 43.7 Å². The van der Waals surface area contributed by atoms with Crippen LogP contribution in [0.3, 0.4) is 0 Å². The third kappa shape index (κ3) is 6.63. The predicted molar refractivity (Wildman–Crippen MR) is 140 cm³/mol. The molecule has 35 heavy (non-hydrogen) atoms. The number of carbonyl (C=O) groups excluding carboxylic acids is 1. The minimum absolute atomic E-state index is 0.0559. The summed E-state index contributed by atoms with van der Waals surface area (Å²) in [4.78, 5) is 17.6. The molecule has 2 unspecified atom stereocenters. The lowest BCUT2D eigenvalue weighted by molar-refractivity contribution is -0.130. The average molecular weight is 523 g/mol. The zero-order valence-corrected chi connectivity index (χ0v) is 22.3. The van der Waals surface area contributed by atoms with E-state index in [0.717, 1.165) is 0 Å². The molecule has 0 aromatic heterocycles. The van der Waals surface area contributed by atoms with Crippen molar-refractivity contribution in [2.75, 3.05) is 39.0 Å². The topological polar surface area (TPSA) is 114 Å². The standard InChI is InChI=1S/C24H35ClN6O3S/c1-17(2)31(35(4,33)34)21-9-10-23(26)30(15-21)22(24(27)19-5-7-20(25)8-6-19)16-28-11-13-29(14-12-28)18(3)32/h5-10,15,17,22-23,27H,11-14,16,26H2,1-4H3. The third-order valence-corrected chi connectivity index (χ3v) is 7.87. The number of nitrogens with one attached hydrogen (secondary N) is 1. The van der Waals surface area contributed by atoms with Crippen molar-refractivity contribution in [1.82, 2.24) is 19.0 Å². The van der Waals surface area contributed by atoms with E-state index in [4.69, 9.17) is 22.7 Å². The number of carbonyl (C=O) groups is 1. The van der Waals surface area contributed by atoms with Crippen LogP contribution in [-0.4, -0.2) is 96.3 Å². The van der Waals surface area contributed by atoms with Gasteiger partial charge in [-0.3, -0.25) is 14.0 Å². The molecule has 3 rings (SSSR count). The molecular formula is C24H35ClN6O3S. The van der Waals surface area contributed by atoms with Crippen molar-refractivity contribution >= 4 is 33.2 Å². The second-order valence-electron chi connectivity index (χ2n) is 9.25. The number of nitrogens with two attached hydrogens (primary N) is 1. The summed E-state index contributed by atoms with van der Waals surface area (Å²) in [6, 6.07) is 6.36. The summed E-state index contributed by atoms with van der Waals surface area (Å²) in [5, 5.41) is 9.66. The predicted octanol–water partition coefficient (Wildman–Crippen LogP) is 1.91. The quantitative estimate of drug-likeness (QED) is 0.504. The molecule has 0 aliphatic carbocycles. The molecule has 2 aliphatic rings. The Morgan fingerprint density at radius 1 is 1.20 bits per heavy atom. The Hall–Kier alpha value is -2.40. The first-order valence-corrected chi connectivity index (χ1v) is 13.9. The van der Waals surface area contributed by atoms with E-state index < -0.39 is 22.2 Å². The summed E-state index contributed by atoms with van der Waals surface area (Å²) in [6.45, 7) is 8.31. The van der Waals surface area contributed by atoms with Crippen molar-refractivity contribution in [3.63, 3.8) is 0 Å². The maximum absolute atomic E-state index is 12.5. The lowest BCUT2D eigenvalue weighted by Crippen LogP contribution is -2.57. The molecular weight excluding hydrogens is 488 g/mol. The van der Waals surface area contributed by atoms with Crippen LogP contribution in [0, 0.1) is 5.41 Å². The number of allylic oxidation sites excluding steroid dienone is 1. The SMILES string of the molecule is CC(=O)N1CCN(CC(C(=N)c2ccc(Cl)cc2)N2C=C(N(C(C)C)S(C)(=O)=O)C=CC2N)CC1.